The van der Waals surface area contributed by atoms with Crippen molar-refractivity contribution in [3.8, 4) is 5.75 Å². The fourth-order valence-corrected chi connectivity index (χ4v) is 4.89. The number of ether oxygens (including phenoxy) is 1. The van der Waals surface area contributed by atoms with E-state index in [2.05, 4.69) is 50.4 Å². The van der Waals surface area contributed by atoms with Crippen LogP contribution in [0.2, 0.25) is 0 Å². The fraction of sp³-hybridized carbons (Fsp3) is 0.0952. The van der Waals surface area contributed by atoms with Crippen molar-refractivity contribution < 1.29 is 19.2 Å². The van der Waals surface area contributed by atoms with Gasteiger partial charge < -0.3 is 4.74 Å². The second-order valence-corrected chi connectivity index (χ2v) is 8.95. The Balaban J connectivity index is 1.84. The first-order chi connectivity index (χ1) is 15.2. The maximum absolute atomic E-state index is 12.7. The van der Waals surface area contributed by atoms with Gasteiger partial charge in [-0.1, -0.05) is 18.2 Å². The van der Waals surface area contributed by atoms with Crippen LogP contribution < -0.4 is 10.1 Å². The molecule has 32 heavy (non-hydrogen) atoms. The van der Waals surface area contributed by atoms with Crippen LogP contribution in [0.25, 0.3) is 6.08 Å². The van der Waals surface area contributed by atoms with E-state index in [1.165, 1.54) is 29.2 Å². The number of carbonyl (C=O) groups excluding carboxylic acids is 2. The van der Waals surface area contributed by atoms with Crippen LogP contribution in [-0.2, 0) is 16.2 Å². The summed E-state index contributed by atoms with van der Waals surface area (Å²) in [5.41, 5.74) is 1.19. The maximum atomic E-state index is 12.7. The Morgan fingerprint density at radius 1 is 1.31 bits per heavy atom. The highest BCUT2D eigenvalue weighted by molar-refractivity contribution is 14.1. The lowest BCUT2D eigenvalue weighted by Crippen LogP contribution is -2.53. The van der Waals surface area contributed by atoms with Crippen molar-refractivity contribution in [1.29, 1.82) is 0 Å². The van der Waals surface area contributed by atoms with Gasteiger partial charge in [-0.15, -0.1) is 6.58 Å². The van der Waals surface area contributed by atoms with E-state index in [-0.39, 0.29) is 29.5 Å². The molecule has 1 saturated heterocycles. The first kappa shape index (κ1) is 24.0. The van der Waals surface area contributed by atoms with Gasteiger partial charge in [0.2, 0.25) is 0 Å². The van der Waals surface area contributed by atoms with Gasteiger partial charge in [-0.2, -0.15) is 0 Å². The molecule has 11 heteroatoms. The fourth-order valence-electron chi connectivity index (χ4n) is 2.87. The lowest BCUT2D eigenvalue weighted by molar-refractivity contribution is -0.384. The average Bonchev–Trinajstić information content (AvgIpc) is 2.73. The quantitative estimate of drug-likeness (QED) is 0.0932. The van der Waals surface area contributed by atoms with Crippen molar-refractivity contribution in [3.63, 3.8) is 0 Å². The number of thiocarbonyl (C=S) groups is 1. The summed E-state index contributed by atoms with van der Waals surface area (Å²) >= 11 is 10.6. The Morgan fingerprint density at radius 2 is 2.06 bits per heavy atom. The molecule has 1 heterocycles. The standard InChI is InChI=1S/C21H15BrIN3O5S/c1-2-6-25-20(28)15(19(27)24-21(25)32)8-13-9-16(22)18(17(23)10-13)31-11-12-4-3-5-14(7-12)26(29)30/h2-5,7-10H,1,6,11H2,(H,24,27,32)/b15-8+. The van der Waals surface area contributed by atoms with Gasteiger partial charge in [0, 0.05) is 18.7 Å². The van der Waals surface area contributed by atoms with Crippen LogP contribution >= 0.6 is 50.7 Å². The zero-order chi connectivity index (χ0) is 23.4. The molecule has 0 saturated carbocycles. The van der Waals surface area contributed by atoms with Crippen molar-refractivity contribution in [2.45, 2.75) is 6.61 Å². The van der Waals surface area contributed by atoms with Crippen LogP contribution in [0.3, 0.4) is 0 Å². The molecule has 1 aliphatic rings. The molecule has 0 spiro atoms. The summed E-state index contributed by atoms with van der Waals surface area (Å²) in [6.45, 7) is 3.91. The predicted molar refractivity (Wildman–Crippen MR) is 135 cm³/mol. The van der Waals surface area contributed by atoms with Gasteiger partial charge in [-0.05, 0) is 80.1 Å². The summed E-state index contributed by atoms with van der Waals surface area (Å²) in [4.78, 5) is 36.7. The third-order valence-electron chi connectivity index (χ3n) is 4.33. The molecule has 3 rings (SSSR count). The summed E-state index contributed by atoms with van der Waals surface area (Å²) in [5.74, 6) is -0.540. The Bertz CT molecular complexity index is 1160. The van der Waals surface area contributed by atoms with Crippen LogP contribution in [0.5, 0.6) is 5.75 Å². The van der Waals surface area contributed by atoms with Crippen LogP contribution in [0.4, 0.5) is 5.69 Å². The maximum Gasteiger partial charge on any atom is 0.269 e. The Morgan fingerprint density at radius 3 is 2.72 bits per heavy atom. The van der Waals surface area contributed by atoms with Crippen molar-refractivity contribution >= 4 is 79.4 Å². The lowest BCUT2D eigenvalue weighted by Gasteiger charge is -2.27. The molecule has 8 nitrogen and oxygen atoms in total. The van der Waals surface area contributed by atoms with Gasteiger partial charge in [0.05, 0.1) is 13.0 Å². The SMILES string of the molecule is C=CCN1C(=O)/C(=C/c2cc(Br)c(OCc3cccc([N+](=O)[O-])c3)c(I)c2)C(=O)NC1=S. The Hall–Kier alpha value is -2.64. The number of nitro groups is 1. The Kier molecular flexibility index (Phi) is 7.74. The van der Waals surface area contributed by atoms with E-state index >= 15 is 0 Å². The summed E-state index contributed by atoms with van der Waals surface area (Å²) in [7, 11) is 0. The molecule has 1 fully saturated rings. The number of rotatable bonds is 7. The van der Waals surface area contributed by atoms with Crippen LogP contribution in [0.1, 0.15) is 11.1 Å². The Labute approximate surface area is 210 Å². The molecule has 0 unspecified atom stereocenters. The molecule has 1 N–H and O–H groups in total. The topological polar surface area (TPSA) is 102 Å². The number of hydrogen-bond donors (Lipinski definition) is 1. The predicted octanol–water partition coefficient (Wildman–Crippen LogP) is 4.35. The molecule has 0 atom stereocenters. The summed E-state index contributed by atoms with van der Waals surface area (Å²) in [6.07, 6.45) is 3.00. The highest BCUT2D eigenvalue weighted by atomic mass is 127. The van der Waals surface area contributed by atoms with E-state index in [9.17, 15) is 19.7 Å². The third-order valence-corrected chi connectivity index (χ3v) is 6.05. The van der Waals surface area contributed by atoms with E-state index in [0.29, 0.717) is 21.3 Å². The molecule has 0 bridgehead atoms. The molecule has 0 aliphatic carbocycles. The van der Waals surface area contributed by atoms with E-state index in [4.69, 9.17) is 17.0 Å². The third kappa shape index (κ3) is 5.40. The number of nitrogens with one attached hydrogen (secondary N) is 1. The van der Waals surface area contributed by atoms with E-state index < -0.39 is 16.7 Å². The van der Waals surface area contributed by atoms with Crippen LogP contribution in [-0.4, -0.2) is 33.3 Å². The molecule has 1 aliphatic heterocycles. The first-order valence-corrected chi connectivity index (χ1v) is 11.3. The van der Waals surface area contributed by atoms with Gasteiger partial charge in [0.1, 0.15) is 17.9 Å². The molecule has 2 amide bonds. The summed E-state index contributed by atoms with van der Waals surface area (Å²) < 4.78 is 7.18. The van der Waals surface area contributed by atoms with Crippen molar-refractivity contribution in [3.05, 3.63) is 83.9 Å². The monoisotopic (exact) mass is 627 g/mol. The summed E-state index contributed by atoms with van der Waals surface area (Å²) in [5, 5.41) is 13.5. The minimum absolute atomic E-state index is 0.0118. The van der Waals surface area contributed by atoms with Gasteiger partial charge in [-0.25, -0.2) is 0 Å². The normalized spacial score (nSPS) is 15.0. The molecule has 0 radical (unpaired) electrons. The van der Waals surface area contributed by atoms with E-state index in [0.717, 1.165) is 3.57 Å². The van der Waals surface area contributed by atoms with E-state index in [1.807, 2.05) is 0 Å². The number of nitrogens with zero attached hydrogens (tertiary/aromatic N) is 2. The number of carbonyl (C=O) groups is 2. The smallest absolute Gasteiger partial charge is 0.269 e. The highest BCUT2D eigenvalue weighted by Crippen LogP contribution is 2.33. The van der Waals surface area contributed by atoms with Gasteiger partial charge in [0.15, 0.2) is 5.11 Å². The molecule has 2 aromatic carbocycles. The van der Waals surface area contributed by atoms with Crippen LogP contribution in [0.15, 0.2) is 59.1 Å². The average molecular weight is 628 g/mol. The number of halogens is 2. The van der Waals surface area contributed by atoms with Gasteiger partial charge in [0.25, 0.3) is 17.5 Å². The number of nitro benzene ring substituents is 1. The number of benzene rings is 2. The summed E-state index contributed by atoms with van der Waals surface area (Å²) in [6, 6.07) is 9.66. The number of non-ortho nitro benzene ring substituents is 1. The van der Waals surface area contributed by atoms with Gasteiger partial charge in [-0.3, -0.25) is 29.9 Å². The second kappa shape index (κ2) is 10.3. The number of amides is 2. The van der Waals surface area contributed by atoms with Crippen molar-refractivity contribution in [2.75, 3.05) is 6.54 Å². The molecule has 0 aromatic heterocycles. The minimum atomic E-state index is -0.572. The minimum Gasteiger partial charge on any atom is -0.487 e. The number of hydrogen-bond acceptors (Lipinski definition) is 6. The van der Waals surface area contributed by atoms with E-state index in [1.54, 1.807) is 24.3 Å². The molecule has 2 aromatic rings. The van der Waals surface area contributed by atoms with Gasteiger partial charge >= 0.3 is 0 Å². The largest absolute Gasteiger partial charge is 0.487 e. The zero-order valence-corrected chi connectivity index (χ0v) is 20.9. The first-order valence-electron chi connectivity index (χ1n) is 9.06. The lowest BCUT2D eigenvalue weighted by atomic mass is 10.1. The van der Waals surface area contributed by atoms with Crippen molar-refractivity contribution in [1.82, 2.24) is 10.2 Å². The second-order valence-electron chi connectivity index (χ2n) is 6.55. The molecular weight excluding hydrogens is 613 g/mol. The highest BCUT2D eigenvalue weighted by Gasteiger charge is 2.32. The zero-order valence-electron chi connectivity index (χ0n) is 16.3. The molecule has 164 valence electrons. The molecular formula is C21H15BrIN3O5S. The van der Waals surface area contributed by atoms with Crippen LogP contribution in [0, 0.1) is 13.7 Å². The van der Waals surface area contributed by atoms with Crippen molar-refractivity contribution in [2.24, 2.45) is 0 Å².